The van der Waals surface area contributed by atoms with E-state index in [2.05, 4.69) is 0 Å². The number of carbonyl (C=O) groups excluding carboxylic acids is 1. The number of carboxylic acid groups (broad SMARTS) is 1. The van der Waals surface area contributed by atoms with E-state index in [1.54, 1.807) is 0 Å². The van der Waals surface area contributed by atoms with Crippen molar-refractivity contribution >= 4 is 11.9 Å². The highest BCUT2D eigenvalue weighted by molar-refractivity contribution is 5.88. The van der Waals surface area contributed by atoms with E-state index in [4.69, 9.17) is 9.47 Å². The van der Waals surface area contributed by atoms with Crippen molar-refractivity contribution in [3.05, 3.63) is 101 Å². The number of fused-ring (bicyclic) bond motifs is 1. The van der Waals surface area contributed by atoms with Gasteiger partial charge in [0.2, 0.25) is 0 Å². The molecule has 2 aliphatic rings. The zero-order valence-electron chi connectivity index (χ0n) is 20.7. The minimum absolute atomic E-state index is 0.145. The predicted octanol–water partition coefficient (Wildman–Crippen LogP) is 4.19. The summed E-state index contributed by atoms with van der Waals surface area (Å²) in [5.74, 6) is -0.780. The summed E-state index contributed by atoms with van der Waals surface area (Å²) in [6.45, 7) is 2.46. The zero-order valence-corrected chi connectivity index (χ0v) is 20.7. The van der Waals surface area contributed by atoms with Crippen LogP contribution in [-0.4, -0.2) is 45.2 Å². The number of amides is 1. The molecule has 0 bridgehead atoms. The van der Waals surface area contributed by atoms with Gasteiger partial charge in [-0.3, -0.25) is 4.79 Å². The van der Waals surface area contributed by atoms with Crippen molar-refractivity contribution in [2.75, 3.05) is 0 Å². The molecule has 2 N–H and O–H groups in total. The fourth-order valence-electron chi connectivity index (χ4n) is 5.04. The number of ether oxygens (including phenoxy) is 2. The molecular formula is C30H31NO6. The van der Waals surface area contributed by atoms with Gasteiger partial charge in [0.25, 0.3) is 5.91 Å². The molecule has 1 amide bonds. The Kier molecular flexibility index (Phi) is 7.26. The van der Waals surface area contributed by atoms with Gasteiger partial charge in [-0.25, -0.2) is 4.79 Å². The summed E-state index contributed by atoms with van der Waals surface area (Å²) in [7, 11) is 0. The molecule has 0 spiro atoms. The molecule has 0 saturated heterocycles. The first kappa shape index (κ1) is 25.0. The molecule has 1 aliphatic carbocycles. The summed E-state index contributed by atoms with van der Waals surface area (Å²) in [4.78, 5) is 27.7. The maximum Gasteiger partial charge on any atom is 0.326 e. The van der Waals surface area contributed by atoms with Gasteiger partial charge >= 0.3 is 5.97 Å². The van der Waals surface area contributed by atoms with E-state index in [9.17, 15) is 19.8 Å². The number of aryl methyl sites for hydroxylation is 1. The first-order chi connectivity index (χ1) is 17.9. The number of carboxylic acids is 1. The molecule has 1 heterocycles. The van der Waals surface area contributed by atoms with E-state index in [1.807, 2.05) is 79.7 Å². The van der Waals surface area contributed by atoms with Gasteiger partial charge in [0.05, 0.1) is 12.2 Å². The fourth-order valence-corrected chi connectivity index (χ4v) is 5.04. The van der Waals surface area contributed by atoms with Crippen molar-refractivity contribution in [1.29, 1.82) is 0 Å². The Morgan fingerprint density at radius 2 is 1.68 bits per heavy atom. The summed E-state index contributed by atoms with van der Waals surface area (Å²) < 4.78 is 12.3. The molecule has 1 fully saturated rings. The van der Waals surface area contributed by atoms with Crippen molar-refractivity contribution in [3.63, 3.8) is 0 Å². The van der Waals surface area contributed by atoms with Crippen LogP contribution in [0.15, 0.2) is 72.8 Å². The number of aliphatic hydroxyl groups excluding tert-OH is 1. The third kappa shape index (κ3) is 5.38. The molecule has 3 aromatic carbocycles. The summed E-state index contributed by atoms with van der Waals surface area (Å²) >= 11 is 0. The van der Waals surface area contributed by atoms with Crippen LogP contribution < -0.4 is 4.74 Å². The smallest absolute Gasteiger partial charge is 0.326 e. The molecule has 7 nitrogen and oxygen atoms in total. The number of aliphatic hydroxyl groups is 1. The maximum absolute atomic E-state index is 13.9. The minimum Gasteiger partial charge on any atom is -0.488 e. The molecular weight excluding hydrogens is 470 g/mol. The Morgan fingerprint density at radius 3 is 2.32 bits per heavy atom. The van der Waals surface area contributed by atoms with E-state index in [1.165, 1.54) is 4.90 Å². The topological polar surface area (TPSA) is 96.3 Å². The second kappa shape index (κ2) is 10.7. The van der Waals surface area contributed by atoms with Gasteiger partial charge in [0.1, 0.15) is 18.4 Å². The third-order valence-electron chi connectivity index (χ3n) is 7.19. The Morgan fingerprint density at radius 1 is 1.00 bits per heavy atom. The van der Waals surface area contributed by atoms with Crippen LogP contribution in [0.2, 0.25) is 0 Å². The van der Waals surface area contributed by atoms with Gasteiger partial charge in [0.15, 0.2) is 6.10 Å². The average molecular weight is 502 g/mol. The van der Waals surface area contributed by atoms with Crippen molar-refractivity contribution in [3.8, 4) is 5.75 Å². The number of carbonyl (C=O) groups is 2. The number of benzene rings is 3. The predicted molar refractivity (Wildman–Crippen MR) is 137 cm³/mol. The lowest BCUT2D eigenvalue weighted by molar-refractivity contribution is -0.167. The van der Waals surface area contributed by atoms with E-state index < -0.39 is 30.1 Å². The lowest BCUT2D eigenvalue weighted by Crippen LogP contribution is -2.51. The quantitative estimate of drug-likeness (QED) is 0.481. The molecule has 1 saturated carbocycles. The Bertz CT molecular complexity index is 1260. The summed E-state index contributed by atoms with van der Waals surface area (Å²) in [5, 5.41) is 19.9. The molecule has 1 aliphatic heterocycles. The molecule has 0 radical (unpaired) electrons. The standard InChI is InChI=1S/C30H31NO6/c1-19-12-13-22-17-31(29(33)28(21-10-6-3-7-11-21)37-24-14-23(32)15-24)26(30(34)35)16-25(22)27(19)36-18-20-8-4-2-5-9-20/h2-13,23-24,26,28,32H,14-18H2,1H3,(H,34,35)/t23-,24+,26-,28-/m0/s1. The van der Waals surface area contributed by atoms with E-state index in [-0.39, 0.29) is 19.1 Å². The Labute approximate surface area is 216 Å². The molecule has 0 unspecified atom stereocenters. The van der Waals surface area contributed by atoms with Crippen molar-refractivity contribution in [2.24, 2.45) is 0 Å². The normalized spacial score (nSPS) is 21.5. The summed E-state index contributed by atoms with van der Waals surface area (Å²) in [6, 6.07) is 21.8. The maximum atomic E-state index is 13.9. The number of nitrogens with zero attached hydrogens (tertiary/aromatic N) is 1. The highest BCUT2D eigenvalue weighted by atomic mass is 16.5. The van der Waals surface area contributed by atoms with Crippen molar-refractivity contribution in [1.82, 2.24) is 4.90 Å². The van der Waals surface area contributed by atoms with Gasteiger partial charge in [-0.1, -0.05) is 72.8 Å². The summed E-state index contributed by atoms with van der Waals surface area (Å²) in [6.07, 6.45) is -0.549. The van der Waals surface area contributed by atoms with Crippen LogP contribution in [0.3, 0.4) is 0 Å². The molecule has 7 heteroatoms. The van der Waals surface area contributed by atoms with Crippen LogP contribution in [-0.2, 0) is 33.9 Å². The van der Waals surface area contributed by atoms with Crippen LogP contribution >= 0.6 is 0 Å². The minimum atomic E-state index is -1.07. The Balaban J connectivity index is 1.43. The van der Waals surface area contributed by atoms with Gasteiger partial charge in [-0.05, 0) is 42.0 Å². The molecule has 3 aromatic rings. The van der Waals surface area contributed by atoms with Gasteiger partial charge in [-0.2, -0.15) is 0 Å². The lowest BCUT2D eigenvalue weighted by atomic mass is 9.90. The first-order valence-electron chi connectivity index (χ1n) is 12.6. The van der Waals surface area contributed by atoms with E-state index in [0.717, 1.165) is 22.3 Å². The third-order valence-corrected chi connectivity index (χ3v) is 7.19. The second-order valence-corrected chi connectivity index (χ2v) is 9.82. The summed E-state index contributed by atoms with van der Waals surface area (Å²) in [5.41, 5.74) is 4.30. The van der Waals surface area contributed by atoms with Crippen LogP contribution in [0.4, 0.5) is 0 Å². The van der Waals surface area contributed by atoms with Crippen LogP contribution in [0, 0.1) is 6.92 Å². The van der Waals surface area contributed by atoms with Gasteiger partial charge in [-0.15, -0.1) is 0 Å². The monoisotopic (exact) mass is 501 g/mol. The average Bonchev–Trinajstić information content (AvgIpc) is 2.90. The molecule has 0 aromatic heterocycles. The highest BCUT2D eigenvalue weighted by Crippen LogP contribution is 2.37. The van der Waals surface area contributed by atoms with Crippen LogP contribution in [0.5, 0.6) is 5.75 Å². The number of aliphatic carboxylic acids is 1. The fraction of sp³-hybridized carbons (Fsp3) is 0.333. The van der Waals surface area contributed by atoms with E-state index in [0.29, 0.717) is 30.8 Å². The largest absolute Gasteiger partial charge is 0.488 e. The van der Waals surface area contributed by atoms with Crippen molar-refractivity contribution in [2.45, 2.75) is 63.7 Å². The van der Waals surface area contributed by atoms with E-state index >= 15 is 0 Å². The second-order valence-electron chi connectivity index (χ2n) is 9.82. The lowest BCUT2D eigenvalue weighted by Gasteiger charge is -2.39. The van der Waals surface area contributed by atoms with Crippen molar-refractivity contribution < 1.29 is 29.3 Å². The zero-order chi connectivity index (χ0) is 25.9. The van der Waals surface area contributed by atoms with Gasteiger partial charge < -0.3 is 24.6 Å². The highest BCUT2D eigenvalue weighted by Gasteiger charge is 2.41. The number of hydrogen-bond acceptors (Lipinski definition) is 5. The molecule has 2 atom stereocenters. The van der Waals surface area contributed by atoms with Crippen LogP contribution in [0.1, 0.15) is 46.8 Å². The molecule has 37 heavy (non-hydrogen) atoms. The Hall–Kier alpha value is -3.68. The number of rotatable bonds is 8. The first-order valence-corrected chi connectivity index (χ1v) is 12.6. The molecule has 192 valence electrons. The number of hydrogen-bond donors (Lipinski definition) is 2. The van der Waals surface area contributed by atoms with Gasteiger partial charge in [0, 0.05) is 18.5 Å². The van der Waals surface area contributed by atoms with Crippen LogP contribution in [0.25, 0.3) is 0 Å². The SMILES string of the molecule is Cc1ccc2c(c1OCc1ccccc1)C[C@@H](C(=O)O)N(C(=O)[C@@H](O[C@H]1C[C@@H](O)C1)c1ccccc1)C2. The molecule has 5 rings (SSSR count).